The molecule has 1 rings (SSSR count). The number of hydrogen-bond donors (Lipinski definition) is 0. The first-order valence-electron chi connectivity index (χ1n) is 5.44. The molecule has 0 bridgehead atoms. The molecule has 0 fully saturated rings. The Morgan fingerprint density at radius 1 is 1.07 bits per heavy atom. The molecule has 0 N–H and O–H groups in total. The van der Waals surface area contributed by atoms with Crippen molar-refractivity contribution in [3.8, 4) is 0 Å². The highest BCUT2D eigenvalue weighted by molar-refractivity contribution is 5.21. The second kappa shape index (κ2) is 6.59. The maximum Gasteiger partial charge on any atom is 0.0720 e. The van der Waals surface area contributed by atoms with Gasteiger partial charge in [0.25, 0.3) is 0 Å². The van der Waals surface area contributed by atoms with E-state index in [1.54, 1.807) is 7.11 Å². The van der Waals surface area contributed by atoms with E-state index < -0.39 is 0 Å². The van der Waals surface area contributed by atoms with Gasteiger partial charge in [0.2, 0.25) is 0 Å². The quantitative estimate of drug-likeness (QED) is 0.715. The van der Waals surface area contributed by atoms with E-state index in [2.05, 4.69) is 38.1 Å². The van der Waals surface area contributed by atoms with Crippen LogP contribution in [0.1, 0.15) is 31.4 Å². The summed E-state index contributed by atoms with van der Waals surface area (Å²) in [4.78, 5) is 0. The fourth-order valence-electron chi connectivity index (χ4n) is 1.25. The maximum absolute atomic E-state index is 5.65. The van der Waals surface area contributed by atoms with Crippen molar-refractivity contribution in [3.05, 3.63) is 35.4 Å². The van der Waals surface area contributed by atoms with Crippen LogP contribution in [0.5, 0.6) is 0 Å². The molecule has 0 spiro atoms. The minimum absolute atomic E-state index is 0.337. The highest BCUT2D eigenvalue weighted by Crippen LogP contribution is 2.08. The van der Waals surface area contributed by atoms with Gasteiger partial charge in [-0.15, -0.1) is 0 Å². The molecule has 2 heteroatoms. The Morgan fingerprint density at radius 2 is 1.60 bits per heavy atom. The van der Waals surface area contributed by atoms with Crippen LogP contribution in [0.2, 0.25) is 0 Å². The van der Waals surface area contributed by atoms with Gasteiger partial charge in [-0.05, 0) is 24.5 Å². The van der Waals surface area contributed by atoms with Crippen LogP contribution >= 0.6 is 0 Å². The van der Waals surface area contributed by atoms with Crippen LogP contribution in [0, 0.1) is 0 Å². The molecule has 0 heterocycles. The number of methoxy groups -OCH3 is 1. The molecule has 15 heavy (non-hydrogen) atoms. The van der Waals surface area contributed by atoms with Crippen LogP contribution in [0.25, 0.3) is 0 Å². The molecule has 84 valence electrons. The highest BCUT2D eigenvalue weighted by Gasteiger charge is 1.99. The monoisotopic (exact) mass is 208 g/mol. The summed E-state index contributed by atoms with van der Waals surface area (Å²) in [6, 6.07) is 8.35. The number of hydrogen-bond acceptors (Lipinski definition) is 2. The molecule has 1 aromatic rings. The Hall–Kier alpha value is -0.860. The highest BCUT2D eigenvalue weighted by atomic mass is 16.5. The first kappa shape index (κ1) is 12.2. The Bertz CT molecular complexity index is 266. The lowest BCUT2D eigenvalue weighted by Crippen LogP contribution is -2.06. The number of rotatable bonds is 6. The third kappa shape index (κ3) is 4.45. The molecule has 2 nitrogen and oxygen atoms in total. The third-order valence-corrected chi connectivity index (χ3v) is 2.44. The second-order valence-corrected chi connectivity index (χ2v) is 3.78. The molecular weight excluding hydrogens is 188 g/mol. The SMILES string of the molecule is CCC(C)OCc1ccc(COC)cc1. The van der Waals surface area contributed by atoms with Gasteiger partial charge >= 0.3 is 0 Å². The number of ether oxygens (including phenoxy) is 2. The topological polar surface area (TPSA) is 18.5 Å². The first-order valence-corrected chi connectivity index (χ1v) is 5.44. The third-order valence-electron chi connectivity index (χ3n) is 2.44. The molecule has 0 aliphatic carbocycles. The molecule has 0 saturated carbocycles. The average molecular weight is 208 g/mol. The maximum atomic E-state index is 5.65. The van der Waals surface area contributed by atoms with E-state index in [-0.39, 0.29) is 0 Å². The van der Waals surface area contributed by atoms with E-state index in [0.29, 0.717) is 19.3 Å². The Balaban J connectivity index is 2.42. The van der Waals surface area contributed by atoms with E-state index >= 15 is 0 Å². The van der Waals surface area contributed by atoms with Crippen molar-refractivity contribution >= 4 is 0 Å². The molecule has 0 radical (unpaired) electrons. The van der Waals surface area contributed by atoms with Gasteiger partial charge in [-0.25, -0.2) is 0 Å². The minimum Gasteiger partial charge on any atom is -0.380 e. The molecule has 0 aromatic heterocycles. The van der Waals surface area contributed by atoms with E-state index in [9.17, 15) is 0 Å². The van der Waals surface area contributed by atoms with Gasteiger partial charge in [-0.1, -0.05) is 31.2 Å². The fourth-order valence-corrected chi connectivity index (χ4v) is 1.25. The summed E-state index contributed by atoms with van der Waals surface area (Å²) in [6.45, 7) is 5.60. The minimum atomic E-state index is 0.337. The van der Waals surface area contributed by atoms with E-state index in [4.69, 9.17) is 9.47 Å². The second-order valence-electron chi connectivity index (χ2n) is 3.78. The van der Waals surface area contributed by atoms with Gasteiger partial charge in [-0.3, -0.25) is 0 Å². The summed E-state index contributed by atoms with van der Waals surface area (Å²) >= 11 is 0. The van der Waals surface area contributed by atoms with Crippen molar-refractivity contribution in [2.75, 3.05) is 7.11 Å². The lowest BCUT2D eigenvalue weighted by molar-refractivity contribution is 0.0508. The van der Waals surface area contributed by atoms with Gasteiger partial charge in [0.05, 0.1) is 19.3 Å². The molecule has 1 aromatic carbocycles. The fraction of sp³-hybridized carbons (Fsp3) is 0.538. The largest absolute Gasteiger partial charge is 0.380 e. The molecule has 0 aliphatic heterocycles. The predicted molar refractivity (Wildman–Crippen MR) is 61.7 cm³/mol. The van der Waals surface area contributed by atoms with Gasteiger partial charge < -0.3 is 9.47 Å². The standard InChI is InChI=1S/C13H20O2/c1-4-11(2)15-10-13-7-5-12(6-8-13)9-14-3/h5-8,11H,4,9-10H2,1-3H3. The van der Waals surface area contributed by atoms with Crippen molar-refractivity contribution in [1.29, 1.82) is 0 Å². The van der Waals surface area contributed by atoms with Crippen LogP contribution < -0.4 is 0 Å². The summed E-state index contributed by atoms with van der Waals surface area (Å²) in [7, 11) is 1.71. The van der Waals surface area contributed by atoms with Crippen molar-refractivity contribution < 1.29 is 9.47 Å². The van der Waals surface area contributed by atoms with E-state index in [1.807, 2.05) is 0 Å². The van der Waals surface area contributed by atoms with Crippen LogP contribution in [-0.4, -0.2) is 13.2 Å². The molecule has 1 atom stereocenters. The molecule has 0 aliphatic rings. The van der Waals surface area contributed by atoms with Gasteiger partial charge in [-0.2, -0.15) is 0 Å². The summed E-state index contributed by atoms with van der Waals surface area (Å²) < 4.78 is 10.7. The van der Waals surface area contributed by atoms with E-state index in [1.165, 1.54) is 11.1 Å². The van der Waals surface area contributed by atoms with Crippen molar-refractivity contribution in [3.63, 3.8) is 0 Å². The van der Waals surface area contributed by atoms with Gasteiger partial charge in [0.15, 0.2) is 0 Å². The lowest BCUT2D eigenvalue weighted by Gasteiger charge is -2.10. The van der Waals surface area contributed by atoms with Crippen molar-refractivity contribution in [2.45, 2.75) is 39.6 Å². The zero-order chi connectivity index (χ0) is 11.1. The average Bonchev–Trinajstić information content (AvgIpc) is 2.28. The zero-order valence-corrected chi connectivity index (χ0v) is 9.82. The lowest BCUT2D eigenvalue weighted by atomic mass is 10.1. The molecular formula is C13H20O2. The van der Waals surface area contributed by atoms with Gasteiger partial charge in [0.1, 0.15) is 0 Å². The van der Waals surface area contributed by atoms with E-state index in [0.717, 1.165) is 6.42 Å². The van der Waals surface area contributed by atoms with Crippen LogP contribution in [0.15, 0.2) is 24.3 Å². The van der Waals surface area contributed by atoms with Crippen molar-refractivity contribution in [1.82, 2.24) is 0 Å². The number of benzene rings is 1. The Morgan fingerprint density at radius 3 is 2.07 bits per heavy atom. The van der Waals surface area contributed by atoms with Gasteiger partial charge in [0, 0.05) is 7.11 Å². The van der Waals surface area contributed by atoms with Crippen molar-refractivity contribution in [2.24, 2.45) is 0 Å². The first-order chi connectivity index (χ1) is 7.26. The summed E-state index contributed by atoms with van der Waals surface area (Å²) in [5, 5.41) is 0. The smallest absolute Gasteiger partial charge is 0.0720 e. The molecule has 0 saturated heterocycles. The summed E-state index contributed by atoms with van der Waals surface area (Å²) in [5.41, 5.74) is 2.42. The molecule has 0 amide bonds. The van der Waals surface area contributed by atoms with Crippen LogP contribution in [0.3, 0.4) is 0 Å². The predicted octanol–water partition coefficient (Wildman–Crippen LogP) is 3.15. The van der Waals surface area contributed by atoms with Crippen LogP contribution in [0.4, 0.5) is 0 Å². The normalized spacial score (nSPS) is 12.7. The Labute approximate surface area is 92.2 Å². The molecule has 1 unspecified atom stereocenters. The summed E-state index contributed by atoms with van der Waals surface area (Å²) in [5.74, 6) is 0. The Kier molecular flexibility index (Phi) is 5.37. The zero-order valence-electron chi connectivity index (χ0n) is 9.82. The van der Waals surface area contributed by atoms with Crippen LogP contribution in [-0.2, 0) is 22.7 Å². The summed E-state index contributed by atoms with van der Waals surface area (Å²) in [6.07, 6.45) is 1.39.